The summed E-state index contributed by atoms with van der Waals surface area (Å²) < 4.78 is 0. The second kappa shape index (κ2) is 7.30. The first-order chi connectivity index (χ1) is 8.20. The molecule has 0 saturated carbocycles. The van der Waals surface area contributed by atoms with Crippen LogP contribution in [0.1, 0.15) is 31.2 Å². The molecule has 1 aromatic rings. The van der Waals surface area contributed by atoms with Gasteiger partial charge in [0, 0.05) is 11.6 Å². The monoisotopic (exact) mass is 254 g/mol. The zero-order valence-corrected chi connectivity index (χ0v) is 10.8. The fourth-order valence-electron chi connectivity index (χ4n) is 1.80. The molecule has 1 rings (SSSR count). The molecule has 1 atom stereocenters. The van der Waals surface area contributed by atoms with Gasteiger partial charge in [0.05, 0.1) is 5.92 Å². The second-order valence-corrected chi connectivity index (χ2v) is 4.31. The molecule has 0 aliphatic carbocycles. The van der Waals surface area contributed by atoms with Crippen molar-refractivity contribution >= 4 is 17.5 Å². The minimum atomic E-state index is -0.202. The van der Waals surface area contributed by atoms with Crippen molar-refractivity contribution < 1.29 is 4.79 Å². The second-order valence-electron chi connectivity index (χ2n) is 3.90. The van der Waals surface area contributed by atoms with Gasteiger partial charge in [0.1, 0.15) is 0 Å². The van der Waals surface area contributed by atoms with Crippen LogP contribution in [0, 0.1) is 0 Å². The Labute approximate surface area is 107 Å². The molecule has 1 aromatic carbocycles. The van der Waals surface area contributed by atoms with Crippen molar-refractivity contribution in [2.24, 2.45) is 5.73 Å². The molecule has 0 bridgehead atoms. The third-order valence-electron chi connectivity index (χ3n) is 2.65. The fraction of sp³-hybridized carbons (Fsp3) is 0.462. The van der Waals surface area contributed by atoms with Crippen LogP contribution in [-0.2, 0) is 4.79 Å². The van der Waals surface area contributed by atoms with E-state index in [1.54, 1.807) is 0 Å². The topological polar surface area (TPSA) is 55.1 Å². The molecule has 1 amide bonds. The predicted octanol–water partition coefficient (Wildman–Crippen LogP) is 2.30. The SMILES string of the molecule is CCNC(=O)C(CCCN)c1ccccc1Cl. The van der Waals surface area contributed by atoms with Crippen LogP contribution in [0.15, 0.2) is 24.3 Å². The summed E-state index contributed by atoms with van der Waals surface area (Å²) >= 11 is 6.13. The number of rotatable bonds is 6. The molecule has 0 saturated heterocycles. The molecular weight excluding hydrogens is 236 g/mol. The van der Waals surface area contributed by atoms with Gasteiger partial charge in [0.2, 0.25) is 5.91 Å². The highest BCUT2D eigenvalue weighted by atomic mass is 35.5. The lowest BCUT2D eigenvalue weighted by molar-refractivity contribution is -0.122. The van der Waals surface area contributed by atoms with E-state index in [1.165, 1.54) is 0 Å². The first-order valence-electron chi connectivity index (χ1n) is 5.92. The number of hydrogen-bond acceptors (Lipinski definition) is 2. The first-order valence-corrected chi connectivity index (χ1v) is 6.30. The van der Waals surface area contributed by atoms with Gasteiger partial charge in [-0.2, -0.15) is 0 Å². The number of hydrogen-bond donors (Lipinski definition) is 2. The van der Waals surface area contributed by atoms with Gasteiger partial charge in [-0.1, -0.05) is 29.8 Å². The average Bonchev–Trinajstić information content (AvgIpc) is 2.32. The maximum atomic E-state index is 12.0. The van der Waals surface area contributed by atoms with Crippen molar-refractivity contribution in [3.05, 3.63) is 34.9 Å². The summed E-state index contributed by atoms with van der Waals surface area (Å²) in [7, 11) is 0. The first kappa shape index (κ1) is 14.0. The molecule has 0 spiro atoms. The quantitative estimate of drug-likeness (QED) is 0.819. The lowest BCUT2D eigenvalue weighted by Crippen LogP contribution is -2.29. The summed E-state index contributed by atoms with van der Waals surface area (Å²) in [6.45, 7) is 3.12. The summed E-state index contributed by atoms with van der Waals surface area (Å²) in [6, 6.07) is 7.48. The van der Waals surface area contributed by atoms with Gasteiger partial charge in [-0.05, 0) is 37.9 Å². The summed E-state index contributed by atoms with van der Waals surface area (Å²) in [5, 5.41) is 3.48. The van der Waals surface area contributed by atoms with Crippen LogP contribution in [0.5, 0.6) is 0 Å². The van der Waals surface area contributed by atoms with E-state index in [-0.39, 0.29) is 11.8 Å². The van der Waals surface area contributed by atoms with Gasteiger partial charge in [0.25, 0.3) is 0 Å². The maximum absolute atomic E-state index is 12.0. The predicted molar refractivity (Wildman–Crippen MR) is 71.2 cm³/mol. The molecule has 17 heavy (non-hydrogen) atoms. The summed E-state index contributed by atoms with van der Waals surface area (Å²) in [4.78, 5) is 12.0. The molecule has 3 N–H and O–H groups in total. The van der Waals surface area contributed by atoms with Crippen LogP contribution in [0.4, 0.5) is 0 Å². The van der Waals surface area contributed by atoms with Crippen LogP contribution in [-0.4, -0.2) is 19.0 Å². The molecule has 0 fully saturated rings. The molecule has 94 valence electrons. The van der Waals surface area contributed by atoms with Gasteiger partial charge in [0.15, 0.2) is 0 Å². The van der Waals surface area contributed by atoms with Gasteiger partial charge in [-0.15, -0.1) is 0 Å². The lowest BCUT2D eigenvalue weighted by atomic mass is 9.93. The standard InChI is InChI=1S/C13H19ClN2O/c1-2-16-13(17)11(7-5-9-15)10-6-3-4-8-12(10)14/h3-4,6,8,11H,2,5,7,9,15H2,1H3,(H,16,17). The zero-order valence-electron chi connectivity index (χ0n) is 10.1. The van der Waals surface area contributed by atoms with Crippen molar-refractivity contribution in [1.82, 2.24) is 5.32 Å². The van der Waals surface area contributed by atoms with Gasteiger partial charge in [-0.3, -0.25) is 4.79 Å². The fourth-order valence-corrected chi connectivity index (χ4v) is 2.07. The van der Waals surface area contributed by atoms with Gasteiger partial charge < -0.3 is 11.1 Å². The Morgan fingerprint density at radius 1 is 1.47 bits per heavy atom. The molecule has 0 aliphatic rings. The highest BCUT2D eigenvalue weighted by Gasteiger charge is 2.21. The van der Waals surface area contributed by atoms with E-state index in [1.807, 2.05) is 31.2 Å². The van der Waals surface area contributed by atoms with E-state index < -0.39 is 0 Å². The third-order valence-corrected chi connectivity index (χ3v) is 2.99. The Balaban J connectivity index is 2.89. The smallest absolute Gasteiger partial charge is 0.227 e. The highest BCUT2D eigenvalue weighted by Crippen LogP contribution is 2.28. The molecule has 0 aromatic heterocycles. The Kier molecular flexibility index (Phi) is 6.01. The van der Waals surface area contributed by atoms with Crippen molar-refractivity contribution in [2.45, 2.75) is 25.7 Å². The van der Waals surface area contributed by atoms with E-state index in [9.17, 15) is 4.79 Å². The lowest BCUT2D eigenvalue weighted by Gasteiger charge is -2.17. The summed E-state index contributed by atoms with van der Waals surface area (Å²) in [6.07, 6.45) is 1.54. The van der Waals surface area contributed by atoms with Crippen molar-refractivity contribution in [2.75, 3.05) is 13.1 Å². The Bertz CT molecular complexity index is 368. The highest BCUT2D eigenvalue weighted by molar-refractivity contribution is 6.31. The van der Waals surface area contributed by atoms with Crippen LogP contribution < -0.4 is 11.1 Å². The normalized spacial score (nSPS) is 12.2. The van der Waals surface area contributed by atoms with E-state index >= 15 is 0 Å². The van der Waals surface area contributed by atoms with Crippen LogP contribution in [0.3, 0.4) is 0 Å². The minimum Gasteiger partial charge on any atom is -0.356 e. The number of nitrogens with one attached hydrogen (secondary N) is 1. The largest absolute Gasteiger partial charge is 0.356 e. The molecule has 1 unspecified atom stereocenters. The maximum Gasteiger partial charge on any atom is 0.227 e. The van der Waals surface area contributed by atoms with Crippen molar-refractivity contribution in [3.63, 3.8) is 0 Å². The Morgan fingerprint density at radius 3 is 2.76 bits per heavy atom. The molecule has 0 aliphatic heterocycles. The van der Waals surface area contributed by atoms with E-state index in [0.29, 0.717) is 18.1 Å². The number of carbonyl (C=O) groups is 1. The van der Waals surface area contributed by atoms with Crippen LogP contribution >= 0.6 is 11.6 Å². The molecular formula is C13H19ClN2O. The average molecular weight is 255 g/mol. The zero-order chi connectivity index (χ0) is 12.7. The number of benzene rings is 1. The Hall–Kier alpha value is -1.06. The third kappa shape index (κ3) is 4.02. The Morgan fingerprint density at radius 2 is 2.18 bits per heavy atom. The number of amides is 1. The van der Waals surface area contributed by atoms with E-state index in [0.717, 1.165) is 18.4 Å². The number of carbonyl (C=O) groups excluding carboxylic acids is 1. The van der Waals surface area contributed by atoms with Gasteiger partial charge in [-0.25, -0.2) is 0 Å². The van der Waals surface area contributed by atoms with E-state index in [2.05, 4.69) is 5.32 Å². The molecule has 3 nitrogen and oxygen atoms in total. The molecule has 4 heteroatoms. The molecule has 0 radical (unpaired) electrons. The number of nitrogens with two attached hydrogens (primary N) is 1. The van der Waals surface area contributed by atoms with Crippen LogP contribution in [0.2, 0.25) is 5.02 Å². The van der Waals surface area contributed by atoms with Gasteiger partial charge >= 0.3 is 0 Å². The number of halogens is 1. The molecule has 0 heterocycles. The van der Waals surface area contributed by atoms with Crippen molar-refractivity contribution in [1.29, 1.82) is 0 Å². The van der Waals surface area contributed by atoms with Crippen LogP contribution in [0.25, 0.3) is 0 Å². The summed E-state index contributed by atoms with van der Waals surface area (Å²) in [5.74, 6) is -0.179. The van der Waals surface area contributed by atoms with E-state index in [4.69, 9.17) is 17.3 Å². The van der Waals surface area contributed by atoms with Crippen molar-refractivity contribution in [3.8, 4) is 0 Å². The number of likely N-dealkylation sites (N-methyl/N-ethyl adjacent to an activating group) is 1. The summed E-state index contributed by atoms with van der Waals surface area (Å²) in [5.41, 5.74) is 6.39. The minimum absolute atomic E-state index is 0.0223.